The SMILES string of the molecule is [2H]C1(C[C@H](N)C(=O)OC(=O)CN)CCCCC1. The van der Waals surface area contributed by atoms with Crippen LogP contribution < -0.4 is 11.5 Å². The van der Waals surface area contributed by atoms with E-state index in [1.165, 1.54) is 0 Å². The van der Waals surface area contributed by atoms with Gasteiger partial charge in [0.05, 0.1) is 6.54 Å². The molecule has 0 heterocycles. The van der Waals surface area contributed by atoms with Crippen LogP contribution in [0.2, 0.25) is 0 Å². The molecule has 1 aliphatic carbocycles. The molecule has 5 nitrogen and oxygen atoms in total. The van der Waals surface area contributed by atoms with Gasteiger partial charge in [-0.1, -0.05) is 32.1 Å². The molecule has 0 spiro atoms. The van der Waals surface area contributed by atoms with Crippen molar-refractivity contribution in [2.45, 2.75) is 44.6 Å². The summed E-state index contributed by atoms with van der Waals surface area (Å²) < 4.78 is 12.6. The van der Waals surface area contributed by atoms with Crippen molar-refractivity contribution in [3.05, 3.63) is 0 Å². The fourth-order valence-corrected chi connectivity index (χ4v) is 1.88. The van der Waals surface area contributed by atoms with Crippen molar-refractivity contribution in [3.8, 4) is 0 Å². The number of esters is 2. The van der Waals surface area contributed by atoms with E-state index in [0.717, 1.165) is 32.1 Å². The highest BCUT2D eigenvalue weighted by Crippen LogP contribution is 2.27. The van der Waals surface area contributed by atoms with Crippen molar-refractivity contribution in [3.63, 3.8) is 0 Å². The molecule has 0 radical (unpaired) electrons. The third-order valence-electron chi connectivity index (χ3n) is 2.75. The Labute approximate surface area is 96.9 Å². The number of carbonyl (C=O) groups excluding carboxylic acids is 2. The molecule has 0 aromatic heterocycles. The summed E-state index contributed by atoms with van der Waals surface area (Å²) in [5.41, 5.74) is 10.7. The molecule has 0 aromatic carbocycles. The van der Waals surface area contributed by atoms with Crippen LogP contribution in [0.1, 0.15) is 39.9 Å². The molecule has 1 saturated carbocycles. The van der Waals surface area contributed by atoms with Crippen LogP contribution in [-0.4, -0.2) is 24.5 Å². The number of hydrogen-bond donors (Lipinski definition) is 2. The van der Waals surface area contributed by atoms with E-state index in [2.05, 4.69) is 4.74 Å². The van der Waals surface area contributed by atoms with Gasteiger partial charge in [0, 0.05) is 1.37 Å². The standard InChI is InChI=1S/C11H20N2O3/c12-7-10(14)16-11(15)9(13)6-8-4-2-1-3-5-8/h8-9H,1-7,12-13H2/t9-/m0/s1/i8D. The van der Waals surface area contributed by atoms with Crippen LogP contribution in [0.5, 0.6) is 0 Å². The molecule has 0 aliphatic heterocycles. The van der Waals surface area contributed by atoms with Gasteiger partial charge in [-0.15, -0.1) is 0 Å². The monoisotopic (exact) mass is 229 g/mol. The number of carbonyl (C=O) groups is 2. The maximum absolute atomic E-state index is 11.4. The molecule has 92 valence electrons. The second-order valence-corrected chi connectivity index (χ2v) is 4.12. The summed E-state index contributed by atoms with van der Waals surface area (Å²) in [6, 6.07) is -0.916. The largest absolute Gasteiger partial charge is 0.391 e. The van der Waals surface area contributed by atoms with Gasteiger partial charge in [0.2, 0.25) is 0 Å². The predicted molar refractivity (Wildman–Crippen MR) is 59.3 cm³/mol. The molecule has 1 aliphatic rings. The molecule has 0 amide bonds. The first-order valence-corrected chi connectivity index (χ1v) is 5.67. The van der Waals surface area contributed by atoms with Crippen molar-refractivity contribution in [2.75, 3.05) is 6.54 Å². The zero-order valence-electron chi connectivity index (χ0n) is 10.4. The molecule has 1 atom stereocenters. The Kier molecular flexibility index (Phi) is 4.76. The van der Waals surface area contributed by atoms with Gasteiger partial charge in [0.15, 0.2) is 0 Å². The summed E-state index contributed by atoms with van der Waals surface area (Å²) in [6.45, 7) is -0.343. The van der Waals surface area contributed by atoms with E-state index in [9.17, 15) is 9.59 Å². The normalized spacial score (nSPS) is 22.0. The fourth-order valence-electron chi connectivity index (χ4n) is 1.88. The van der Waals surface area contributed by atoms with E-state index in [0.29, 0.717) is 0 Å². The van der Waals surface area contributed by atoms with Crippen molar-refractivity contribution >= 4 is 11.9 Å². The third kappa shape index (κ3) is 4.28. The molecular formula is C11H20N2O3. The molecule has 0 unspecified atom stereocenters. The Hall–Kier alpha value is -0.940. The van der Waals surface area contributed by atoms with Crippen molar-refractivity contribution < 1.29 is 15.7 Å². The van der Waals surface area contributed by atoms with Crippen LogP contribution in [0, 0.1) is 5.89 Å². The van der Waals surface area contributed by atoms with Crippen molar-refractivity contribution in [1.82, 2.24) is 0 Å². The molecule has 0 aromatic rings. The number of rotatable bonds is 4. The summed E-state index contributed by atoms with van der Waals surface area (Å²) in [7, 11) is 0. The Balaban J connectivity index is 2.44. The molecular weight excluding hydrogens is 208 g/mol. The highest BCUT2D eigenvalue weighted by molar-refractivity contribution is 5.89. The van der Waals surface area contributed by atoms with Crippen LogP contribution >= 0.6 is 0 Å². The Morgan fingerprint density at radius 2 is 2.00 bits per heavy atom. The zero-order chi connectivity index (χ0) is 12.9. The minimum absolute atomic E-state index is 0.240. The average Bonchev–Trinajstić information content (AvgIpc) is 2.29. The van der Waals surface area contributed by atoms with E-state index in [4.69, 9.17) is 12.8 Å². The average molecular weight is 229 g/mol. The lowest BCUT2D eigenvalue weighted by atomic mass is 9.85. The highest BCUT2D eigenvalue weighted by Gasteiger charge is 2.23. The molecule has 1 rings (SSSR count). The second-order valence-electron chi connectivity index (χ2n) is 4.12. The van der Waals surface area contributed by atoms with E-state index in [-0.39, 0.29) is 13.0 Å². The lowest BCUT2D eigenvalue weighted by Gasteiger charge is -2.23. The lowest BCUT2D eigenvalue weighted by molar-refractivity contribution is -0.159. The number of nitrogens with two attached hydrogens (primary N) is 2. The van der Waals surface area contributed by atoms with Gasteiger partial charge < -0.3 is 16.2 Å². The predicted octanol–water partition coefficient (Wildman–Crippen LogP) is 0.313. The van der Waals surface area contributed by atoms with Crippen molar-refractivity contribution in [2.24, 2.45) is 17.4 Å². The van der Waals surface area contributed by atoms with Gasteiger partial charge in [0.25, 0.3) is 0 Å². The van der Waals surface area contributed by atoms with Gasteiger partial charge >= 0.3 is 11.9 Å². The van der Waals surface area contributed by atoms with E-state index < -0.39 is 23.9 Å². The van der Waals surface area contributed by atoms with Crippen LogP contribution in [0.4, 0.5) is 0 Å². The molecule has 1 fully saturated rings. The quantitative estimate of drug-likeness (QED) is 0.534. The molecule has 4 N–H and O–H groups in total. The van der Waals surface area contributed by atoms with Gasteiger partial charge in [-0.2, -0.15) is 0 Å². The Bertz CT molecular complexity index is 290. The van der Waals surface area contributed by atoms with E-state index >= 15 is 0 Å². The minimum atomic E-state index is -0.916. The molecule has 16 heavy (non-hydrogen) atoms. The third-order valence-corrected chi connectivity index (χ3v) is 2.75. The molecule has 0 saturated heterocycles. The topological polar surface area (TPSA) is 95.4 Å². The van der Waals surface area contributed by atoms with Gasteiger partial charge in [-0.25, -0.2) is 4.79 Å². The minimum Gasteiger partial charge on any atom is -0.391 e. The van der Waals surface area contributed by atoms with Crippen LogP contribution in [0.15, 0.2) is 0 Å². The Morgan fingerprint density at radius 3 is 2.56 bits per heavy atom. The second kappa shape index (κ2) is 6.60. The van der Waals surface area contributed by atoms with Crippen LogP contribution in [0.3, 0.4) is 0 Å². The van der Waals surface area contributed by atoms with Crippen LogP contribution in [-0.2, 0) is 14.3 Å². The van der Waals surface area contributed by atoms with Crippen molar-refractivity contribution in [1.29, 1.82) is 0 Å². The smallest absolute Gasteiger partial charge is 0.330 e. The van der Waals surface area contributed by atoms with Gasteiger partial charge in [-0.05, 0) is 12.3 Å². The maximum Gasteiger partial charge on any atom is 0.330 e. The first-order valence-electron chi connectivity index (χ1n) is 6.17. The van der Waals surface area contributed by atoms with Gasteiger partial charge in [0.1, 0.15) is 6.04 Å². The number of hydrogen-bond acceptors (Lipinski definition) is 5. The zero-order valence-corrected chi connectivity index (χ0v) is 9.41. The summed E-state index contributed by atoms with van der Waals surface area (Å²) in [4.78, 5) is 22.2. The summed E-state index contributed by atoms with van der Waals surface area (Å²) in [5.74, 6) is -2.21. The summed E-state index contributed by atoms with van der Waals surface area (Å²) in [5, 5.41) is 0. The molecule has 5 heteroatoms. The van der Waals surface area contributed by atoms with E-state index in [1.54, 1.807) is 0 Å². The maximum atomic E-state index is 11.4. The first kappa shape index (κ1) is 11.5. The molecule has 0 bridgehead atoms. The highest BCUT2D eigenvalue weighted by atomic mass is 16.6. The Morgan fingerprint density at radius 1 is 1.38 bits per heavy atom. The summed E-state index contributed by atoms with van der Waals surface area (Å²) >= 11 is 0. The lowest BCUT2D eigenvalue weighted by Crippen LogP contribution is -2.37. The number of ether oxygens (including phenoxy) is 1. The first-order chi connectivity index (χ1) is 7.97. The fraction of sp³-hybridized carbons (Fsp3) is 0.818. The van der Waals surface area contributed by atoms with E-state index in [1.807, 2.05) is 0 Å². The van der Waals surface area contributed by atoms with Crippen LogP contribution in [0.25, 0.3) is 0 Å². The summed E-state index contributed by atoms with van der Waals surface area (Å²) in [6.07, 6.45) is 4.85. The van der Waals surface area contributed by atoms with Gasteiger partial charge in [-0.3, -0.25) is 4.79 Å².